The van der Waals surface area contributed by atoms with Crippen molar-refractivity contribution >= 4 is 42.1 Å². The topological polar surface area (TPSA) is 89.3 Å². The molecule has 0 bridgehead atoms. The standard InChI is InChI=1S/C32H37N7OSi/c1-32(2,3)41(4,5)40-18-8-6-7-16-33-27-13-14-29-28(21-27)31(36-22-34-29)38-26-11-9-24(10-12-26)19-25-15-17-39-30(20-25)35-23-37-39/h9-15,17,20-23,33H,8,16,18-19H2,1-5H3,(H,34,36,38). The first-order valence-electron chi connectivity index (χ1n) is 13.9. The van der Waals surface area contributed by atoms with Crippen molar-refractivity contribution in [3.8, 4) is 11.8 Å². The number of rotatable bonds is 9. The minimum Gasteiger partial charge on any atom is -0.416 e. The lowest BCUT2D eigenvalue weighted by Gasteiger charge is -2.35. The number of benzene rings is 2. The molecule has 2 N–H and O–H groups in total. The van der Waals surface area contributed by atoms with E-state index in [9.17, 15) is 0 Å². The van der Waals surface area contributed by atoms with Gasteiger partial charge < -0.3 is 15.1 Å². The summed E-state index contributed by atoms with van der Waals surface area (Å²) in [5.41, 5.74) is 6.07. The Bertz CT molecular complexity index is 1700. The quantitative estimate of drug-likeness (QED) is 0.115. The molecule has 41 heavy (non-hydrogen) atoms. The minimum atomic E-state index is -1.72. The molecule has 8 nitrogen and oxygen atoms in total. The van der Waals surface area contributed by atoms with Crippen LogP contribution in [-0.4, -0.2) is 46.0 Å². The third-order valence-electron chi connectivity index (χ3n) is 7.61. The van der Waals surface area contributed by atoms with Crippen LogP contribution in [0, 0.1) is 11.8 Å². The Balaban J connectivity index is 1.18. The Morgan fingerprint density at radius 2 is 1.68 bits per heavy atom. The Hall–Kier alpha value is -4.26. The molecule has 0 saturated carbocycles. The van der Waals surface area contributed by atoms with Gasteiger partial charge in [-0.05, 0) is 78.1 Å². The van der Waals surface area contributed by atoms with Crippen LogP contribution < -0.4 is 10.6 Å². The summed E-state index contributed by atoms with van der Waals surface area (Å²) in [6.45, 7) is 12.6. The normalized spacial score (nSPS) is 11.8. The van der Waals surface area contributed by atoms with Crippen LogP contribution in [0.5, 0.6) is 0 Å². The summed E-state index contributed by atoms with van der Waals surface area (Å²) in [6.07, 6.45) is 6.66. The molecule has 0 fully saturated rings. The summed E-state index contributed by atoms with van der Waals surface area (Å²) in [6, 6.07) is 18.6. The number of hydrogen-bond donors (Lipinski definition) is 2. The van der Waals surface area contributed by atoms with Gasteiger partial charge in [-0.15, -0.1) is 0 Å². The van der Waals surface area contributed by atoms with Crippen molar-refractivity contribution in [1.29, 1.82) is 0 Å². The number of nitrogens with one attached hydrogen (secondary N) is 2. The highest BCUT2D eigenvalue weighted by Gasteiger charge is 2.36. The molecule has 3 heterocycles. The minimum absolute atomic E-state index is 0.217. The summed E-state index contributed by atoms with van der Waals surface area (Å²) in [5, 5.41) is 12.2. The van der Waals surface area contributed by atoms with Gasteiger partial charge in [0, 0.05) is 36.0 Å². The molecule has 0 aliphatic rings. The average molecular weight is 564 g/mol. The zero-order valence-corrected chi connectivity index (χ0v) is 25.4. The van der Waals surface area contributed by atoms with E-state index < -0.39 is 8.32 Å². The van der Waals surface area contributed by atoms with E-state index in [-0.39, 0.29) is 5.04 Å². The molecule has 0 amide bonds. The lowest BCUT2D eigenvalue weighted by molar-refractivity contribution is 0.296. The van der Waals surface area contributed by atoms with Crippen molar-refractivity contribution < 1.29 is 4.43 Å². The molecular formula is C32H37N7OSi. The van der Waals surface area contributed by atoms with Crippen LogP contribution in [0.3, 0.4) is 0 Å². The van der Waals surface area contributed by atoms with Gasteiger partial charge in [0.05, 0.1) is 12.1 Å². The molecule has 0 unspecified atom stereocenters. The molecule has 0 atom stereocenters. The molecule has 5 aromatic rings. The number of pyridine rings is 1. The maximum absolute atomic E-state index is 6.20. The van der Waals surface area contributed by atoms with Crippen LogP contribution in [0.15, 0.2) is 73.4 Å². The second-order valence-corrected chi connectivity index (χ2v) is 16.4. The molecule has 0 saturated heterocycles. The van der Waals surface area contributed by atoms with Crippen LogP contribution >= 0.6 is 0 Å². The molecule has 0 aliphatic heterocycles. The molecule has 2 aromatic carbocycles. The molecule has 0 aliphatic carbocycles. The predicted molar refractivity (Wildman–Crippen MR) is 169 cm³/mol. The molecule has 9 heteroatoms. The molecule has 5 rings (SSSR count). The second kappa shape index (κ2) is 12.1. The van der Waals surface area contributed by atoms with E-state index >= 15 is 0 Å². The van der Waals surface area contributed by atoms with Crippen molar-refractivity contribution in [3.05, 3.63) is 84.6 Å². The van der Waals surface area contributed by atoms with Crippen molar-refractivity contribution in [3.63, 3.8) is 0 Å². The summed E-state index contributed by atoms with van der Waals surface area (Å²) in [5.74, 6) is 7.20. The lowest BCUT2D eigenvalue weighted by Crippen LogP contribution is -2.40. The van der Waals surface area contributed by atoms with Crippen LogP contribution in [0.1, 0.15) is 38.3 Å². The fraction of sp³-hybridized carbons (Fsp3) is 0.312. The molecule has 210 valence electrons. The van der Waals surface area contributed by atoms with Crippen LogP contribution in [0.25, 0.3) is 16.6 Å². The first-order valence-corrected chi connectivity index (χ1v) is 16.8. The fourth-order valence-electron chi connectivity index (χ4n) is 4.18. The number of hydrogen-bond acceptors (Lipinski definition) is 7. The molecule has 3 aromatic heterocycles. The van der Waals surface area contributed by atoms with Crippen LogP contribution in [0.2, 0.25) is 18.1 Å². The third kappa shape index (κ3) is 7.09. The Morgan fingerprint density at radius 1 is 0.878 bits per heavy atom. The summed E-state index contributed by atoms with van der Waals surface area (Å²) in [4.78, 5) is 13.2. The predicted octanol–water partition coefficient (Wildman–Crippen LogP) is 6.83. The van der Waals surface area contributed by atoms with Gasteiger partial charge in [-0.3, -0.25) is 0 Å². The molecule has 0 radical (unpaired) electrons. The monoisotopic (exact) mass is 563 g/mol. The SMILES string of the molecule is CC(C)(C)[Si](C)(C)OCCC#CCNc1ccc2ncnc(Nc3ccc(Cc4ccn5ncnc5c4)cc3)c2c1. The first-order chi connectivity index (χ1) is 19.7. The highest BCUT2D eigenvalue weighted by Crippen LogP contribution is 2.36. The van der Waals surface area contributed by atoms with Crippen molar-refractivity contribution in [2.45, 2.75) is 51.7 Å². The van der Waals surface area contributed by atoms with Gasteiger partial charge in [0.15, 0.2) is 14.0 Å². The first kappa shape index (κ1) is 28.3. The van der Waals surface area contributed by atoms with Gasteiger partial charge >= 0.3 is 0 Å². The Labute approximate surface area is 242 Å². The molecular weight excluding hydrogens is 526 g/mol. The Kier molecular flexibility index (Phi) is 8.33. The van der Waals surface area contributed by atoms with Crippen LogP contribution in [0.4, 0.5) is 17.2 Å². The smallest absolute Gasteiger partial charge is 0.192 e. The van der Waals surface area contributed by atoms with E-state index in [1.54, 1.807) is 17.2 Å². The maximum Gasteiger partial charge on any atom is 0.192 e. The van der Waals surface area contributed by atoms with E-state index in [1.165, 1.54) is 11.1 Å². The second-order valence-electron chi connectivity index (χ2n) is 11.6. The van der Waals surface area contributed by atoms with Crippen molar-refractivity contribution in [2.24, 2.45) is 0 Å². The zero-order valence-electron chi connectivity index (χ0n) is 24.4. The lowest BCUT2D eigenvalue weighted by atomic mass is 10.1. The summed E-state index contributed by atoms with van der Waals surface area (Å²) >= 11 is 0. The highest BCUT2D eigenvalue weighted by molar-refractivity contribution is 6.74. The highest BCUT2D eigenvalue weighted by atomic mass is 28.4. The van der Waals surface area contributed by atoms with Gasteiger partial charge in [0.25, 0.3) is 0 Å². The van der Waals surface area contributed by atoms with Gasteiger partial charge in [0.1, 0.15) is 18.5 Å². The maximum atomic E-state index is 6.20. The number of nitrogens with zero attached hydrogens (tertiary/aromatic N) is 5. The summed E-state index contributed by atoms with van der Waals surface area (Å²) < 4.78 is 7.97. The van der Waals surface area contributed by atoms with Crippen molar-refractivity contribution in [1.82, 2.24) is 24.6 Å². The largest absolute Gasteiger partial charge is 0.416 e. The number of aromatic nitrogens is 5. The van der Waals surface area contributed by atoms with Gasteiger partial charge in [0.2, 0.25) is 0 Å². The zero-order chi connectivity index (χ0) is 28.9. The van der Waals surface area contributed by atoms with E-state index in [2.05, 4.69) is 119 Å². The van der Waals surface area contributed by atoms with E-state index in [4.69, 9.17) is 4.43 Å². The average Bonchev–Trinajstić information content (AvgIpc) is 3.41. The van der Waals surface area contributed by atoms with E-state index in [0.29, 0.717) is 13.2 Å². The van der Waals surface area contributed by atoms with E-state index in [0.717, 1.165) is 46.6 Å². The van der Waals surface area contributed by atoms with E-state index in [1.807, 2.05) is 18.3 Å². The van der Waals surface area contributed by atoms with Gasteiger partial charge in [-0.1, -0.05) is 44.7 Å². The van der Waals surface area contributed by atoms with Gasteiger partial charge in [-0.25, -0.2) is 19.5 Å². The Morgan fingerprint density at radius 3 is 2.49 bits per heavy atom. The van der Waals surface area contributed by atoms with Gasteiger partial charge in [-0.2, -0.15) is 5.10 Å². The number of anilines is 3. The number of fused-ring (bicyclic) bond motifs is 2. The summed E-state index contributed by atoms with van der Waals surface area (Å²) in [7, 11) is -1.72. The third-order valence-corrected chi connectivity index (χ3v) is 12.1. The fourth-order valence-corrected chi connectivity index (χ4v) is 5.23. The molecule has 0 spiro atoms. The van der Waals surface area contributed by atoms with Crippen LogP contribution in [-0.2, 0) is 10.8 Å². The van der Waals surface area contributed by atoms with Crippen molar-refractivity contribution in [2.75, 3.05) is 23.8 Å².